The fraction of sp³-hybridized carbons (Fsp3) is 0.316. The molecule has 152 valence electrons. The van der Waals surface area contributed by atoms with Crippen molar-refractivity contribution in [2.45, 2.75) is 0 Å². The van der Waals surface area contributed by atoms with Crippen molar-refractivity contribution < 1.29 is 22.4 Å². The molecular formula is C19H19FN4O4S. The van der Waals surface area contributed by atoms with Crippen LogP contribution in [0.2, 0.25) is 0 Å². The normalized spacial score (nSPS) is 20.7. The van der Waals surface area contributed by atoms with Crippen molar-refractivity contribution in [1.82, 2.24) is 14.7 Å². The predicted octanol–water partition coefficient (Wildman–Crippen LogP) is 0.608. The number of amides is 2. The third-order valence-electron chi connectivity index (χ3n) is 5.02. The van der Waals surface area contributed by atoms with Crippen LogP contribution in [0.5, 0.6) is 0 Å². The highest BCUT2D eigenvalue weighted by Crippen LogP contribution is 2.18. The van der Waals surface area contributed by atoms with Crippen LogP contribution >= 0.6 is 0 Å². The number of carbonyl (C=O) groups is 2. The van der Waals surface area contributed by atoms with Crippen LogP contribution in [0.15, 0.2) is 52.6 Å². The largest absolute Gasteiger partial charge is 0.335 e. The molecule has 3 aliphatic heterocycles. The van der Waals surface area contributed by atoms with Gasteiger partial charge < -0.3 is 14.7 Å². The maximum Gasteiger partial charge on any atom is 0.256 e. The van der Waals surface area contributed by atoms with Crippen LogP contribution in [0.25, 0.3) is 0 Å². The van der Waals surface area contributed by atoms with E-state index >= 15 is 0 Å². The molecular weight excluding hydrogens is 399 g/mol. The quantitative estimate of drug-likeness (QED) is 0.702. The highest BCUT2D eigenvalue weighted by Gasteiger charge is 2.29. The highest BCUT2D eigenvalue weighted by atomic mass is 32.2. The smallest absolute Gasteiger partial charge is 0.256 e. The molecule has 1 fully saturated rings. The Balaban J connectivity index is 1.38. The first-order valence-electron chi connectivity index (χ1n) is 9.16. The fourth-order valence-electron chi connectivity index (χ4n) is 3.40. The van der Waals surface area contributed by atoms with Crippen LogP contribution in [0.4, 0.5) is 4.39 Å². The Morgan fingerprint density at radius 1 is 0.897 bits per heavy atom. The van der Waals surface area contributed by atoms with E-state index < -0.39 is 15.8 Å². The molecule has 0 atom stereocenters. The minimum Gasteiger partial charge on any atom is -0.335 e. The average Bonchev–Trinajstić information content (AvgIpc) is 2.72. The number of sulfonamides is 1. The summed E-state index contributed by atoms with van der Waals surface area (Å²) in [6, 6.07) is 5.39. The molecule has 1 saturated heterocycles. The SMILES string of the molecule is O=C(C1=CN2CCS(=O)(=O)N=C2C=C1)N1CCN(C(=O)c2ccc(F)cc2)CC1. The van der Waals surface area contributed by atoms with Gasteiger partial charge in [0.1, 0.15) is 11.7 Å². The van der Waals surface area contributed by atoms with Gasteiger partial charge in [0, 0.05) is 44.5 Å². The van der Waals surface area contributed by atoms with Crippen molar-refractivity contribution in [1.29, 1.82) is 0 Å². The maximum absolute atomic E-state index is 13.0. The molecule has 0 unspecified atom stereocenters. The molecule has 1 aromatic carbocycles. The van der Waals surface area contributed by atoms with Crippen molar-refractivity contribution in [2.75, 3.05) is 38.5 Å². The van der Waals surface area contributed by atoms with Gasteiger partial charge in [-0.2, -0.15) is 0 Å². The number of halogens is 1. The van der Waals surface area contributed by atoms with Crippen molar-refractivity contribution in [3.05, 3.63) is 59.6 Å². The highest BCUT2D eigenvalue weighted by molar-refractivity contribution is 7.90. The third-order valence-corrected chi connectivity index (χ3v) is 6.18. The zero-order chi connectivity index (χ0) is 20.6. The van der Waals surface area contributed by atoms with E-state index in [9.17, 15) is 22.4 Å². The lowest BCUT2D eigenvalue weighted by atomic mass is 10.1. The molecule has 0 radical (unpaired) electrons. The summed E-state index contributed by atoms with van der Waals surface area (Å²) in [5, 5.41) is 0. The molecule has 0 spiro atoms. The number of benzene rings is 1. The maximum atomic E-state index is 13.0. The Labute approximate surface area is 167 Å². The van der Waals surface area contributed by atoms with Gasteiger partial charge in [0.05, 0.1) is 11.3 Å². The molecule has 0 aliphatic carbocycles. The van der Waals surface area contributed by atoms with Crippen LogP contribution < -0.4 is 0 Å². The first-order chi connectivity index (χ1) is 13.8. The molecule has 10 heteroatoms. The number of hydrogen-bond donors (Lipinski definition) is 0. The molecule has 3 heterocycles. The first kappa shape index (κ1) is 19.3. The van der Waals surface area contributed by atoms with E-state index in [1.165, 1.54) is 30.3 Å². The van der Waals surface area contributed by atoms with E-state index in [4.69, 9.17) is 0 Å². The number of hydrogen-bond acceptors (Lipinski definition) is 5. The minimum atomic E-state index is -3.44. The van der Waals surface area contributed by atoms with E-state index in [2.05, 4.69) is 4.40 Å². The summed E-state index contributed by atoms with van der Waals surface area (Å²) in [6.07, 6.45) is 4.71. The number of carbonyl (C=O) groups excluding carboxylic acids is 2. The number of nitrogens with zero attached hydrogens (tertiary/aromatic N) is 4. The molecule has 0 aromatic heterocycles. The van der Waals surface area contributed by atoms with E-state index in [1.54, 1.807) is 27.0 Å². The second-order valence-electron chi connectivity index (χ2n) is 6.94. The number of piperazine rings is 1. The molecule has 1 aromatic rings. The van der Waals surface area contributed by atoms with E-state index in [-0.39, 0.29) is 24.1 Å². The summed E-state index contributed by atoms with van der Waals surface area (Å²) < 4.78 is 39.9. The zero-order valence-corrected chi connectivity index (χ0v) is 16.3. The average molecular weight is 418 g/mol. The molecule has 0 saturated carbocycles. The van der Waals surface area contributed by atoms with Gasteiger partial charge in [0.2, 0.25) is 0 Å². The number of rotatable bonds is 2. The lowest BCUT2D eigenvalue weighted by molar-refractivity contribution is -0.128. The molecule has 3 aliphatic rings. The van der Waals surface area contributed by atoms with Gasteiger partial charge >= 0.3 is 0 Å². The third kappa shape index (κ3) is 4.07. The molecule has 2 amide bonds. The second-order valence-corrected chi connectivity index (χ2v) is 8.69. The molecule has 0 bridgehead atoms. The predicted molar refractivity (Wildman–Crippen MR) is 104 cm³/mol. The second kappa shape index (κ2) is 7.43. The Morgan fingerprint density at radius 3 is 2.17 bits per heavy atom. The van der Waals surface area contributed by atoms with Crippen molar-refractivity contribution >= 4 is 27.7 Å². The van der Waals surface area contributed by atoms with Crippen LogP contribution in [-0.4, -0.2) is 79.2 Å². The van der Waals surface area contributed by atoms with Gasteiger partial charge in [-0.05, 0) is 36.4 Å². The van der Waals surface area contributed by atoms with Crippen LogP contribution in [0.3, 0.4) is 0 Å². The number of fused-ring (bicyclic) bond motifs is 1. The van der Waals surface area contributed by atoms with Crippen molar-refractivity contribution in [2.24, 2.45) is 4.40 Å². The van der Waals surface area contributed by atoms with E-state index in [0.717, 1.165) is 0 Å². The Morgan fingerprint density at radius 2 is 1.52 bits per heavy atom. The molecule has 0 N–H and O–H groups in total. The number of amidine groups is 1. The monoisotopic (exact) mass is 418 g/mol. The van der Waals surface area contributed by atoms with Gasteiger partial charge in [0.15, 0.2) is 0 Å². The van der Waals surface area contributed by atoms with Crippen molar-refractivity contribution in [3.63, 3.8) is 0 Å². The lowest BCUT2D eigenvalue weighted by Gasteiger charge is -2.35. The van der Waals surface area contributed by atoms with Gasteiger partial charge in [-0.15, -0.1) is 4.40 Å². The fourth-order valence-corrected chi connectivity index (χ4v) is 4.37. The van der Waals surface area contributed by atoms with Crippen LogP contribution in [0, 0.1) is 5.82 Å². The summed E-state index contributed by atoms with van der Waals surface area (Å²) >= 11 is 0. The van der Waals surface area contributed by atoms with Crippen molar-refractivity contribution in [3.8, 4) is 0 Å². The van der Waals surface area contributed by atoms with Gasteiger partial charge in [-0.1, -0.05) is 0 Å². The molecule has 29 heavy (non-hydrogen) atoms. The van der Waals surface area contributed by atoms with Gasteiger partial charge in [0.25, 0.3) is 21.8 Å². The Kier molecular flexibility index (Phi) is 4.95. The molecule has 4 rings (SSSR count). The first-order valence-corrected chi connectivity index (χ1v) is 10.8. The van der Waals surface area contributed by atoms with Crippen LogP contribution in [-0.2, 0) is 14.8 Å². The summed E-state index contributed by atoms with van der Waals surface area (Å²) in [5.74, 6) is -0.549. The Hall–Kier alpha value is -3.01. The summed E-state index contributed by atoms with van der Waals surface area (Å²) in [5.41, 5.74) is 0.859. The van der Waals surface area contributed by atoms with Gasteiger partial charge in [-0.25, -0.2) is 12.8 Å². The topological polar surface area (TPSA) is 90.4 Å². The summed E-state index contributed by atoms with van der Waals surface area (Å²) in [4.78, 5) is 30.3. The minimum absolute atomic E-state index is 0.0908. The molecule has 8 nitrogen and oxygen atoms in total. The summed E-state index contributed by atoms with van der Waals surface area (Å²) in [7, 11) is -3.44. The Bertz CT molecular complexity index is 1040. The van der Waals surface area contributed by atoms with E-state index in [1.807, 2.05) is 0 Å². The van der Waals surface area contributed by atoms with Gasteiger partial charge in [-0.3, -0.25) is 9.59 Å². The lowest BCUT2D eigenvalue weighted by Crippen LogP contribution is -2.51. The zero-order valence-electron chi connectivity index (χ0n) is 15.5. The van der Waals surface area contributed by atoms with E-state index in [0.29, 0.717) is 43.2 Å². The standard InChI is InChI=1S/C19H19FN4O4S/c20-16-4-1-14(2-5-16)18(25)22-7-9-23(10-8-22)19(26)15-3-6-17-21-29(27,28)12-11-24(17)13-15/h1-6,13H,7-12H2. The summed E-state index contributed by atoms with van der Waals surface area (Å²) in [6.45, 7) is 1.78. The van der Waals surface area contributed by atoms with Crippen LogP contribution in [0.1, 0.15) is 10.4 Å².